The number of hydrogen-bond donors (Lipinski definition) is 1. The third-order valence-electron chi connectivity index (χ3n) is 4.25. The van der Waals surface area contributed by atoms with Gasteiger partial charge in [0.25, 0.3) is 5.97 Å². The van der Waals surface area contributed by atoms with Gasteiger partial charge in [-0.1, -0.05) is 30.3 Å². The molecular formula is C17H22O4. The number of carboxylic acids is 1. The number of aliphatic carboxylic acids is 1. The van der Waals surface area contributed by atoms with E-state index in [-0.39, 0.29) is 12.0 Å². The highest BCUT2D eigenvalue weighted by Crippen LogP contribution is 2.44. The Morgan fingerprint density at radius 2 is 1.90 bits per heavy atom. The molecule has 0 radical (unpaired) electrons. The number of aryl methyl sites for hydroxylation is 1. The van der Waals surface area contributed by atoms with E-state index in [9.17, 15) is 4.79 Å². The van der Waals surface area contributed by atoms with Gasteiger partial charge in [0.2, 0.25) is 0 Å². The summed E-state index contributed by atoms with van der Waals surface area (Å²) in [5.74, 6) is -0.232. The summed E-state index contributed by atoms with van der Waals surface area (Å²) >= 11 is 0. The first-order valence-electron chi connectivity index (χ1n) is 7.46. The minimum absolute atomic E-state index is 0.150. The van der Waals surface area contributed by atoms with Crippen molar-refractivity contribution in [3.63, 3.8) is 0 Å². The van der Waals surface area contributed by atoms with E-state index in [0.717, 1.165) is 38.9 Å². The first-order valence-corrected chi connectivity index (χ1v) is 7.46. The summed E-state index contributed by atoms with van der Waals surface area (Å²) in [7, 11) is 0. The molecule has 4 atom stereocenters. The van der Waals surface area contributed by atoms with Crippen molar-refractivity contribution < 1.29 is 19.4 Å². The maximum absolute atomic E-state index is 11.1. The Balaban J connectivity index is 0.000000361. The number of aldehydes is 1. The van der Waals surface area contributed by atoms with Gasteiger partial charge >= 0.3 is 0 Å². The van der Waals surface area contributed by atoms with E-state index >= 15 is 0 Å². The lowest BCUT2D eigenvalue weighted by Crippen LogP contribution is -2.28. The lowest BCUT2D eigenvalue weighted by Gasteiger charge is -2.23. The zero-order valence-electron chi connectivity index (χ0n) is 12.3. The Labute approximate surface area is 125 Å². The Morgan fingerprint density at radius 3 is 2.52 bits per heavy atom. The highest BCUT2D eigenvalue weighted by Gasteiger charge is 2.48. The van der Waals surface area contributed by atoms with Crippen LogP contribution in [0, 0.1) is 11.8 Å². The number of benzene rings is 1. The van der Waals surface area contributed by atoms with E-state index in [1.807, 2.05) is 6.07 Å². The molecule has 0 aromatic heterocycles. The molecule has 1 N–H and O–H groups in total. The minimum atomic E-state index is -0.833. The summed E-state index contributed by atoms with van der Waals surface area (Å²) in [5.41, 5.74) is 1.36. The molecule has 1 aromatic rings. The van der Waals surface area contributed by atoms with E-state index in [0.29, 0.717) is 12.0 Å². The molecule has 0 aliphatic carbocycles. The Bertz CT molecular complexity index is 467. The van der Waals surface area contributed by atoms with Crippen LogP contribution in [0.4, 0.5) is 0 Å². The van der Waals surface area contributed by atoms with Crippen molar-refractivity contribution in [1.82, 2.24) is 0 Å². The Morgan fingerprint density at radius 1 is 1.29 bits per heavy atom. The van der Waals surface area contributed by atoms with Crippen molar-refractivity contribution in [2.24, 2.45) is 11.8 Å². The molecule has 1 aromatic carbocycles. The molecule has 2 aliphatic rings. The summed E-state index contributed by atoms with van der Waals surface area (Å²) in [6.07, 6.45) is 6.05. The molecule has 114 valence electrons. The molecule has 0 spiro atoms. The van der Waals surface area contributed by atoms with Crippen LogP contribution >= 0.6 is 0 Å². The summed E-state index contributed by atoms with van der Waals surface area (Å²) in [6.45, 7) is 1.08. The van der Waals surface area contributed by atoms with Gasteiger partial charge in [-0.3, -0.25) is 4.79 Å². The number of fused-ring (bicyclic) bond motifs is 2. The number of ether oxygens (including phenoxy) is 1. The molecule has 2 heterocycles. The van der Waals surface area contributed by atoms with E-state index in [4.69, 9.17) is 14.6 Å². The van der Waals surface area contributed by atoms with Gasteiger partial charge in [-0.2, -0.15) is 0 Å². The van der Waals surface area contributed by atoms with Crippen LogP contribution in [0.15, 0.2) is 30.3 Å². The van der Waals surface area contributed by atoms with Crippen molar-refractivity contribution >= 4 is 12.3 Å². The average Bonchev–Trinajstić information content (AvgIpc) is 3.06. The van der Waals surface area contributed by atoms with Crippen LogP contribution in [0.3, 0.4) is 0 Å². The first-order chi connectivity index (χ1) is 10.1. The third-order valence-corrected chi connectivity index (χ3v) is 4.25. The maximum atomic E-state index is 11.1. The highest BCUT2D eigenvalue weighted by molar-refractivity contribution is 5.63. The molecule has 2 saturated heterocycles. The fourth-order valence-electron chi connectivity index (χ4n) is 3.36. The lowest BCUT2D eigenvalue weighted by atomic mass is 9.77. The van der Waals surface area contributed by atoms with Crippen LogP contribution in [0.25, 0.3) is 0 Å². The smallest absolute Gasteiger partial charge is 0.300 e. The minimum Gasteiger partial charge on any atom is -0.481 e. The van der Waals surface area contributed by atoms with E-state index < -0.39 is 5.97 Å². The van der Waals surface area contributed by atoms with E-state index in [1.165, 1.54) is 5.56 Å². The van der Waals surface area contributed by atoms with Crippen LogP contribution in [0.5, 0.6) is 0 Å². The zero-order valence-corrected chi connectivity index (χ0v) is 12.3. The standard InChI is InChI=1S/C15H18O2.C2H4O2/c16-10-13-12(14-8-9-15(13)17-14)7-6-11-4-2-1-3-5-11;1-2(3)4/h1-5,10,12-15H,6-9H2;1H3,(H,3,4)/t12-,13+,14-,15-;/m0./s1. The van der Waals surface area contributed by atoms with Crippen molar-refractivity contribution in [2.45, 2.75) is 44.8 Å². The molecule has 2 aliphatic heterocycles. The molecule has 4 heteroatoms. The number of rotatable bonds is 4. The van der Waals surface area contributed by atoms with Crippen LogP contribution in [-0.2, 0) is 20.7 Å². The first kappa shape index (κ1) is 15.7. The Hall–Kier alpha value is -1.68. The van der Waals surface area contributed by atoms with Gasteiger partial charge in [0, 0.05) is 12.8 Å². The van der Waals surface area contributed by atoms with Crippen LogP contribution in [0.1, 0.15) is 31.7 Å². The molecule has 0 amide bonds. The molecule has 4 nitrogen and oxygen atoms in total. The number of carbonyl (C=O) groups excluding carboxylic acids is 1. The van der Waals surface area contributed by atoms with Crippen LogP contribution in [-0.4, -0.2) is 29.6 Å². The van der Waals surface area contributed by atoms with Gasteiger partial charge in [-0.05, 0) is 37.2 Å². The second kappa shape index (κ2) is 7.36. The summed E-state index contributed by atoms with van der Waals surface area (Å²) in [6, 6.07) is 10.5. The van der Waals surface area contributed by atoms with E-state index in [2.05, 4.69) is 24.3 Å². The largest absolute Gasteiger partial charge is 0.481 e. The van der Waals surface area contributed by atoms with Crippen molar-refractivity contribution in [3.05, 3.63) is 35.9 Å². The molecule has 0 unspecified atom stereocenters. The summed E-state index contributed by atoms with van der Waals surface area (Å²) in [4.78, 5) is 20.1. The van der Waals surface area contributed by atoms with Gasteiger partial charge < -0.3 is 14.6 Å². The Kier molecular flexibility index (Phi) is 5.51. The topological polar surface area (TPSA) is 63.6 Å². The molecule has 2 fully saturated rings. The molecule has 0 saturated carbocycles. The maximum Gasteiger partial charge on any atom is 0.300 e. The highest BCUT2D eigenvalue weighted by atomic mass is 16.5. The molecule has 2 bridgehead atoms. The van der Waals surface area contributed by atoms with Crippen LogP contribution < -0.4 is 0 Å². The summed E-state index contributed by atoms with van der Waals surface area (Å²) in [5, 5.41) is 7.42. The van der Waals surface area contributed by atoms with E-state index in [1.54, 1.807) is 0 Å². The van der Waals surface area contributed by atoms with Crippen LogP contribution in [0.2, 0.25) is 0 Å². The molecular weight excluding hydrogens is 268 g/mol. The lowest BCUT2D eigenvalue weighted by molar-refractivity contribution is -0.134. The second-order valence-corrected chi connectivity index (χ2v) is 5.71. The zero-order chi connectivity index (χ0) is 15.2. The number of carboxylic acid groups (broad SMARTS) is 1. The number of hydrogen-bond acceptors (Lipinski definition) is 3. The van der Waals surface area contributed by atoms with Gasteiger partial charge in [0.1, 0.15) is 6.29 Å². The van der Waals surface area contributed by atoms with Gasteiger partial charge in [0.15, 0.2) is 0 Å². The SMILES string of the molecule is CC(=O)O.O=C[C@@H]1[C@H](CCc2ccccc2)[C@@H]2CC[C@@H]1O2. The predicted molar refractivity (Wildman–Crippen MR) is 79.0 cm³/mol. The van der Waals surface area contributed by atoms with Crippen molar-refractivity contribution in [2.75, 3.05) is 0 Å². The van der Waals surface area contributed by atoms with Gasteiger partial charge in [-0.25, -0.2) is 0 Å². The molecule has 3 rings (SSSR count). The quantitative estimate of drug-likeness (QED) is 0.866. The number of carbonyl (C=O) groups is 2. The monoisotopic (exact) mass is 290 g/mol. The fraction of sp³-hybridized carbons (Fsp3) is 0.529. The van der Waals surface area contributed by atoms with Gasteiger partial charge in [0.05, 0.1) is 12.2 Å². The third kappa shape index (κ3) is 4.14. The van der Waals surface area contributed by atoms with Crippen molar-refractivity contribution in [3.8, 4) is 0 Å². The predicted octanol–water partition coefficient (Wildman–Crippen LogP) is 2.70. The average molecular weight is 290 g/mol. The van der Waals surface area contributed by atoms with Crippen molar-refractivity contribution in [1.29, 1.82) is 0 Å². The van der Waals surface area contributed by atoms with Gasteiger partial charge in [-0.15, -0.1) is 0 Å². The molecule has 21 heavy (non-hydrogen) atoms. The second-order valence-electron chi connectivity index (χ2n) is 5.71. The fourth-order valence-corrected chi connectivity index (χ4v) is 3.36. The summed E-state index contributed by atoms with van der Waals surface area (Å²) < 4.78 is 5.85. The normalized spacial score (nSPS) is 29.6.